The molecular weight excluding hydrogens is 418 g/mol. The van der Waals surface area contributed by atoms with Crippen LogP contribution in [0.4, 0.5) is 0 Å². The van der Waals surface area contributed by atoms with E-state index in [-0.39, 0.29) is 0 Å². The third kappa shape index (κ3) is 4.36. The number of oxazole rings is 1. The van der Waals surface area contributed by atoms with E-state index in [9.17, 15) is 0 Å². The van der Waals surface area contributed by atoms with Gasteiger partial charge < -0.3 is 23.0 Å². The van der Waals surface area contributed by atoms with Crippen molar-refractivity contribution in [2.75, 3.05) is 21.3 Å². The molecule has 2 heterocycles. The summed E-state index contributed by atoms with van der Waals surface area (Å²) in [6.45, 7) is 1.89. The predicted octanol–water partition coefficient (Wildman–Crippen LogP) is 5.02. The van der Waals surface area contributed by atoms with Gasteiger partial charge in [-0.2, -0.15) is 0 Å². The minimum absolute atomic E-state index is 0.351. The Hall–Kier alpha value is -3.46. The lowest BCUT2D eigenvalue weighted by Crippen LogP contribution is -1.95. The zero-order valence-electron chi connectivity index (χ0n) is 17.5. The molecule has 0 aliphatic carbocycles. The standard InChI is InChI=1S/C22H21N3O5S/c1-13-16(23-20(29-13)14-8-6-5-7-9-14)12-31-22-25-24-21(30-22)15-10-17(26-2)19(28-4)18(11-15)27-3/h5-11H,12H2,1-4H3. The van der Waals surface area contributed by atoms with Crippen LogP contribution >= 0.6 is 11.8 Å². The van der Waals surface area contributed by atoms with Crippen molar-refractivity contribution >= 4 is 11.8 Å². The van der Waals surface area contributed by atoms with Gasteiger partial charge in [-0.3, -0.25) is 0 Å². The second-order valence-corrected chi connectivity index (χ2v) is 7.39. The number of aryl methyl sites for hydroxylation is 1. The van der Waals surface area contributed by atoms with E-state index < -0.39 is 0 Å². The molecule has 8 nitrogen and oxygen atoms in total. The van der Waals surface area contributed by atoms with Crippen molar-refractivity contribution in [1.82, 2.24) is 15.2 Å². The molecule has 9 heteroatoms. The summed E-state index contributed by atoms with van der Waals surface area (Å²) in [6, 6.07) is 13.3. The zero-order valence-corrected chi connectivity index (χ0v) is 18.4. The van der Waals surface area contributed by atoms with E-state index in [4.69, 9.17) is 23.0 Å². The van der Waals surface area contributed by atoms with Gasteiger partial charge in [0, 0.05) is 16.9 Å². The maximum Gasteiger partial charge on any atom is 0.277 e. The Morgan fingerprint density at radius 3 is 2.19 bits per heavy atom. The summed E-state index contributed by atoms with van der Waals surface area (Å²) >= 11 is 1.39. The van der Waals surface area contributed by atoms with Gasteiger partial charge in [0.15, 0.2) is 11.5 Å². The van der Waals surface area contributed by atoms with E-state index in [0.717, 1.165) is 17.0 Å². The smallest absolute Gasteiger partial charge is 0.277 e. The maximum atomic E-state index is 5.83. The number of rotatable bonds is 8. The van der Waals surface area contributed by atoms with Crippen LogP contribution in [-0.2, 0) is 5.75 Å². The molecule has 31 heavy (non-hydrogen) atoms. The molecule has 0 aliphatic heterocycles. The number of aromatic nitrogens is 3. The van der Waals surface area contributed by atoms with Crippen LogP contribution in [-0.4, -0.2) is 36.5 Å². The van der Waals surface area contributed by atoms with Crippen LogP contribution in [0.25, 0.3) is 22.9 Å². The van der Waals surface area contributed by atoms with Crippen LogP contribution in [0, 0.1) is 6.92 Å². The first-order chi connectivity index (χ1) is 15.1. The second-order valence-electron chi connectivity index (χ2n) is 6.46. The zero-order chi connectivity index (χ0) is 21.8. The topological polar surface area (TPSA) is 92.6 Å². The summed E-state index contributed by atoms with van der Waals surface area (Å²) in [5, 5.41) is 8.70. The number of thioether (sulfide) groups is 1. The van der Waals surface area contributed by atoms with E-state index in [1.54, 1.807) is 33.5 Å². The van der Waals surface area contributed by atoms with Crippen LogP contribution < -0.4 is 14.2 Å². The van der Waals surface area contributed by atoms with Gasteiger partial charge in [0.1, 0.15) is 5.76 Å². The fourth-order valence-electron chi connectivity index (χ4n) is 2.99. The average Bonchev–Trinajstić information content (AvgIpc) is 3.43. The van der Waals surface area contributed by atoms with Crippen LogP contribution in [0.5, 0.6) is 17.2 Å². The lowest BCUT2D eigenvalue weighted by atomic mass is 10.2. The first-order valence-electron chi connectivity index (χ1n) is 9.41. The van der Waals surface area contributed by atoms with E-state index >= 15 is 0 Å². The number of benzene rings is 2. The van der Waals surface area contributed by atoms with E-state index in [2.05, 4.69) is 15.2 Å². The Morgan fingerprint density at radius 2 is 1.55 bits per heavy atom. The molecule has 4 aromatic rings. The van der Waals surface area contributed by atoms with E-state index in [1.807, 2.05) is 37.3 Å². The van der Waals surface area contributed by atoms with Gasteiger partial charge in [0.2, 0.25) is 17.5 Å². The lowest BCUT2D eigenvalue weighted by Gasteiger charge is -2.12. The van der Waals surface area contributed by atoms with Crippen molar-refractivity contribution < 1.29 is 23.0 Å². The molecule has 0 amide bonds. The Bertz CT molecular complexity index is 1150. The molecule has 0 aliphatic rings. The second kappa shape index (κ2) is 9.13. The van der Waals surface area contributed by atoms with E-state index in [1.165, 1.54) is 11.8 Å². The third-order valence-electron chi connectivity index (χ3n) is 4.56. The summed E-state index contributed by atoms with van der Waals surface area (Å²) in [6.07, 6.45) is 0. The monoisotopic (exact) mass is 439 g/mol. The van der Waals surface area contributed by atoms with Gasteiger partial charge in [-0.1, -0.05) is 30.0 Å². The van der Waals surface area contributed by atoms with Crippen molar-refractivity contribution in [2.45, 2.75) is 17.9 Å². The molecule has 0 bridgehead atoms. The highest BCUT2D eigenvalue weighted by Gasteiger charge is 2.18. The van der Waals surface area contributed by atoms with Crippen molar-refractivity contribution in [2.24, 2.45) is 0 Å². The first kappa shape index (κ1) is 20.8. The first-order valence-corrected chi connectivity index (χ1v) is 10.4. The quantitative estimate of drug-likeness (QED) is 0.351. The normalized spacial score (nSPS) is 10.8. The number of nitrogens with zero attached hydrogens (tertiary/aromatic N) is 3. The molecule has 2 aromatic heterocycles. The molecule has 0 fully saturated rings. The van der Waals surface area contributed by atoms with Gasteiger partial charge in [-0.15, -0.1) is 10.2 Å². The molecule has 160 valence electrons. The molecule has 0 saturated heterocycles. The highest BCUT2D eigenvalue weighted by molar-refractivity contribution is 7.98. The molecular formula is C22H21N3O5S. The van der Waals surface area contributed by atoms with Crippen LogP contribution in [0.15, 0.2) is 56.5 Å². The molecule has 0 unspecified atom stereocenters. The third-order valence-corrected chi connectivity index (χ3v) is 5.39. The highest BCUT2D eigenvalue weighted by Crippen LogP contribution is 2.41. The lowest BCUT2D eigenvalue weighted by molar-refractivity contribution is 0.324. The van der Waals surface area contributed by atoms with Crippen LogP contribution in [0.1, 0.15) is 11.5 Å². The maximum absolute atomic E-state index is 5.83. The molecule has 0 radical (unpaired) electrons. The largest absolute Gasteiger partial charge is 0.493 e. The Labute approximate surface area is 183 Å². The fourth-order valence-corrected chi connectivity index (χ4v) is 3.75. The van der Waals surface area contributed by atoms with Gasteiger partial charge in [0.25, 0.3) is 5.22 Å². The number of hydrogen-bond donors (Lipinski definition) is 0. The molecule has 0 N–H and O–H groups in total. The molecule has 4 rings (SSSR count). The Morgan fingerprint density at radius 1 is 0.839 bits per heavy atom. The van der Waals surface area contributed by atoms with Crippen molar-refractivity contribution in [1.29, 1.82) is 0 Å². The summed E-state index contributed by atoms with van der Waals surface area (Å²) in [4.78, 5) is 4.60. The minimum atomic E-state index is 0.351. The fraction of sp³-hybridized carbons (Fsp3) is 0.227. The number of methoxy groups -OCH3 is 3. The van der Waals surface area contributed by atoms with Gasteiger partial charge >= 0.3 is 0 Å². The predicted molar refractivity (Wildman–Crippen MR) is 116 cm³/mol. The summed E-state index contributed by atoms with van der Waals surface area (Å²) in [7, 11) is 4.66. The number of hydrogen-bond acceptors (Lipinski definition) is 9. The number of ether oxygens (including phenoxy) is 3. The Balaban J connectivity index is 1.51. The van der Waals surface area contributed by atoms with Crippen LogP contribution in [0.3, 0.4) is 0 Å². The van der Waals surface area contributed by atoms with Gasteiger partial charge in [0.05, 0.1) is 27.0 Å². The molecule has 2 aromatic carbocycles. The molecule has 0 spiro atoms. The molecule has 0 saturated carbocycles. The minimum Gasteiger partial charge on any atom is -0.493 e. The summed E-state index contributed by atoms with van der Waals surface area (Å²) in [5.41, 5.74) is 2.43. The van der Waals surface area contributed by atoms with Crippen molar-refractivity contribution in [3.8, 4) is 40.2 Å². The molecule has 0 atom stereocenters. The van der Waals surface area contributed by atoms with Crippen molar-refractivity contribution in [3.05, 3.63) is 53.9 Å². The summed E-state index contributed by atoms with van der Waals surface area (Å²) in [5.74, 6) is 3.76. The van der Waals surface area contributed by atoms with Crippen molar-refractivity contribution in [3.63, 3.8) is 0 Å². The van der Waals surface area contributed by atoms with Crippen LogP contribution in [0.2, 0.25) is 0 Å². The Kier molecular flexibility index (Phi) is 6.13. The highest BCUT2D eigenvalue weighted by atomic mass is 32.2. The summed E-state index contributed by atoms with van der Waals surface area (Å²) < 4.78 is 27.8. The average molecular weight is 439 g/mol. The SMILES string of the molecule is COc1cc(-c2nnc(SCc3nc(-c4ccccc4)oc3C)o2)cc(OC)c1OC. The van der Waals surface area contributed by atoms with E-state index in [0.29, 0.717) is 45.6 Å². The van der Waals surface area contributed by atoms with Gasteiger partial charge in [-0.05, 0) is 31.2 Å². The van der Waals surface area contributed by atoms with Gasteiger partial charge in [-0.25, -0.2) is 4.98 Å².